The highest BCUT2D eigenvalue weighted by Gasteiger charge is 2.14. The van der Waals surface area contributed by atoms with E-state index < -0.39 is 9.04 Å². The summed E-state index contributed by atoms with van der Waals surface area (Å²) < 4.78 is 5.93. The summed E-state index contributed by atoms with van der Waals surface area (Å²) in [7, 11) is -0.715. The normalized spacial score (nSPS) is 18.7. The largest absolute Gasteiger partial charge is 0.420 e. The third kappa shape index (κ3) is 12.7. The molecule has 1 heterocycles. The highest BCUT2D eigenvalue weighted by atomic mass is 28.3. The molecular formula is C20H42OSi. The van der Waals surface area contributed by atoms with Crippen molar-refractivity contribution in [1.29, 1.82) is 0 Å². The summed E-state index contributed by atoms with van der Waals surface area (Å²) in [4.78, 5) is 0. The van der Waals surface area contributed by atoms with Crippen molar-refractivity contribution < 1.29 is 4.43 Å². The molecular weight excluding hydrogens is 284 g/mol. The van der Waals surface area contributed by atoms with E-state index in [1.807, 2.05) is 0 Å². The van der Waals surface area contributed by atoms with Crippen molar-refractivity contribution >= 4 is 9.04 Å². The van der Waals surface area contributed by atoms with Crippen LogP contribution in [0.2, 0.25) is 12.1 Å². The quantitative estimate of drug-likeness (QED) is 0.232. The summed E-state index contributed by atoms with van der Waals surface area (Å²) in [6.07, 6.45) is 23.3. The first-order valence-electron chi connectivity index (χ1n) is 10.5. The fourth-order valence-electron chi connectivity index (χ4n) is 3.60. The molecule has 0 bridgehead atoms. The average molecular weight is 327 g/mol. The van der Waals surface area contributed by atoms with Crippen LogP contribution in [0.25, 0.3) is 0 Å². The van der Waals surface area contributed by atoms with Gasteiger partial charge in [0.15, 0.2) is 9.04 Å². The second-order valence-electron chi connectivity index (χ2n) is 7.37. The predicted octanol–water partition coefficient (Wildman–Crippen LogP) is 7.00. The molecule has 0 saturated carbocycles. The van der Waals surface area contributed by atoms with Crippen molar-refractivity contribution in [3.8, 4) is 0 Å². The topological polar surface area (TPSA) is 9.23 Å². The van der Waals surface area contributed by atoms with Gasteiger partial charge in [-0.2, -0.15) is 0 Å². The molecule has 0 aromatic carbocycles. The zero-order valence-corrected chi connectivity index (χ0v) is 16.6. The zero-order valence-electron chi connectivity index (χ0n) is 15.4. The van der Waals surface area contributed by atoms with Crippen LogP contribution in [0.1, 0.15) is 110 Å². The Morgan fingerprint density at radius 2 is 1.14 bits per heavy atom. The van der Waals surface area contributed by atoms with Crippen LogP contribution in [0.4, 0.5) is 0 Å². The molecule has 0 amide bonds. The highest BCUT2D eigenvalue weighted by molar-refractivity contribution is 6.51. The number of hydrogen-bond acceptors (Lipinski definition) is 1. The van der Waals surface area contributed by atoms with E-state index in [0.29, 0.717) is 0 Å². The smallest absolute Gasteiger partial charge is 0.176 e. The minimum atomic E-state index is -0.715. The molecule has 132 valence electrons. The van der Waals surface area contributed by atoms with Gasteiger partial charge in [0.2, 0.25) is 0 Å². The molecule has 1 saturated heterocycles. The second kappa shape index (κ2) is 16.0. The molecule has 1 fully saturated rings. The van der Waals surface area contributed by atoms with Gasteiger partial charge in [-0.3, -0.25) is 0 Å². The maximum Gasteiger partial charge on any atom is 0.176 e. The average Bonchev–Trinajstić information content (AvgIpc) is 2.56. The first-order chi connectivity index (χ1) is 10.9. The highest BCUT2D eigenvalue weighted by Crippen LogP contribution is 2.18. The first kappa shape index (κ1) is 20.2. The number of rotatable bonds is 15. The fourth-order valence-corrected chi connectivity index (χ4v) is 6.21. The van der Waals surface area contributed by atoms with Crippen molar-refractivity contribution in [3.63, 3.8) is 0 Å². The van der Waals surface area contributed by atoms with E-state index in [4.69, 9.17) is 4.43 Å². The van der Waals surface area contributed by atoms with Gasteiger partial charge < -0.3 is 4.43 Å². The molecule has 1 atom stereocenters. The molecule has 0 radical (unpaired) electrons. The molecule has 1 unspecified atom stereocenters. The predicted molar refractivity (Wildman–Crippen MR) is 102 cm³/mol. The van der Waals surface area contributed by atoms with Crippen LogP contribution >= 0.6 is 0 Å². The minimum absolute atomic E-state index is 0.715. The minimum Gasteiger partial charge on any atom is -0.420 e. The molecule has 2 heteroatoms. The molecule has 1 aliphatic rings. The lowest BCUT2D eigenvalue weighted by atomic mass is 10.0. The summed E-state index contributed by atoms with van der Waals surface area (Å²) >= 11 is 0. The summed E-state index contributed by atoms with van der Waals surface area (Å²) in [6, 6.07) is 2.91. The molecule has 0 spiro atoms. The lowest BCUT2D eigenvalue weighted by Crippen LogP contribution is -2.22. The van der Waals surface area contributed by atoms with Crippen molar-refractivity contribution in [2.24, 2.45) is 0 Å². The van der Waals surface area contributed by atoms with Gasteiger partial charge in [-0.15, -0.1) is 0 Å². The Morgan fingerprint density at radius 1 is 0.636 bits per heavy atom. The number of unbranched alkanes of at least 4 members (excludes halogenated alkanes) is 13. The first-order valence-corrected chi connectivity index (χ1v) is 12.7. The van der Waals surface area contributed by atoms with E-state index in [1.165, 1.54) is 115 Å². The van der Waals surface area contributed by atoms with Crippen molar-refractivity contribution in [2.45, 2.75) is 122 Å². The molecule has 22 heavy (non-hydrogen) atoms. The van der Waals surface area contributed by atoms with Crippen molar-refractivity contribution in [1.82, 2.24) is 0 Å². The molecule has 0 aromatic heterocycles. The zero-order chi connectivity index (χ0) is 15.7. The van der Waals surface area contributed by atoms with Gasteiger partial charge in [0.1, 0.15) is 0 Å². The monoisotopic (exact) mass is 326 g/mol. The van der Waals surface area contributed by atoms with Crippen molar-refractivity contribution in [2.75, 3.05) is 6.61 Å². The van der Waals surface area contributed by atoms with Crippen LogP contribution in [0, 0.1) is 0 Å². The van der Waals surface area contributed by atoms with Crippen LogP contribution in [-0.2, 0) is 4.43 Å². The molecule has 0 N–H and O–H groups in total. The van der Waals surface area contributed by atoms with Crippen LogP contribution in [0.3, 0.4) is 0 Å². The lowest BCUT2D eigenvalue weighted by Gasteiger charge is -2.20. The van der Waals surface area contributed by atoms with Crippen molar-refractivity contribution in [3.05, 3.63) is 0 Å². The second-order valence-corrected chi connectivity index (χ2v) is 10.1. The van der Waals surface area contributed by atoms with Gasteiger partial charge in [0, 0.05) is 6.61 Å². The molecule has 0 aromatic rings. The Morgan fingerprint density at radius 3 is 1.59 bits per heavy atom. The van der Waals surface area contributed by atoms with Gasteiger partial charge >= 0.3 is 0 Å². The van der Waals surface area contributed by atoms with Crippen LogP contribution in [0.5, 0.6) is 0 Å². The maximum atomic E-state index is 5.93. The van der Waals surface area contributed by atoms with E-state index in [0.717, 1.165) is 6.61 Å². The van der Waals surface area contributed by atoms with Gasteiger partial charge in [-0.1, -0.05) is 103 Å². The SMILES string of the molecule is CCCCCCCCCCCCCCCC[SiH]1CCCCO1. The van der Waals surface area contributed by atoms with Crippen LogP contribution < -0.4 is 0 Å². The molecule has 0 aliphatic carbocycles. The Bertz CT molecular complexity index is 214. The summed E-state index contributed by atoms with van der Waals surface area (Å²) in [6.45, 7) is 3.38. The summed E-state index contributed by atoms with van der Waals surface area (Å²) in [5.74, 6) is 0. The van der Waals surface area contributed by atoms with Gasteiger partial charge in [0.25, 0.3) is 0 Å². The van der Waals surface area contributed by atoms with E-state index in [1.54, 1.807) is 0 Å². The van der Waals surface area contributed by atoms with Crippen LogP contribution in [0.15, 0.2) is 0 Å². The van der Waals surface area contributed by atoms with E-state index in [2.05, 4.69) is 6.92 Å². The van der Waals surface area contributed by atoms with Crippen LogP contribution in [-0.4, -0.2) is 15.6 Å². The standard InChI is InChI=1S/C20H42OSi/c1-2-3-4-5-6-7-8-9-10-11-12-13-14-16-19-22-20-17-15-18-21-22/h22H,2-20H2,1H3. The molecule has 1 aliphatic heterocycles. The van der Waals surface area contributed by atoms with Gasteiger partial charge in [-0.05, 0) is 18.5 Å². The summed E-state index contributed by atoms with van der Waals surface area (Å²) in [5.41, 5.74) is 0. The van der Waals surface area contributed by atoms with E-state index >= 15 is 0 Å². The third-order valence-corrected chi connectivity index (χ3v) is 7.97. The van der Waals surface area contributed by atoms with Gasteiger partial charge in [0.05, 0.1) is 0 Å². The molecule has 1 nitrogen and oxygen atoms in total. The Hall–Kier alpha value is 0.177. The fraction of sp³-hybridized carbons (Fsp3) is 1.00. The third-order valence-electron chi connectivity index (χ3n) is 5.15. The lowest BCUT2D eigenvalue weighted by molar-refractivity contribution is 0.285. The van der Waals surface area contributed by atoms with E-state index in [9.17, 15) is 0 Å². The van der Waals surface area contributed by atoms with E-state index in [-0.39, 0.29) is 0 Å². The maximum absolute atomic E-state index is 5.93. The Balaban J connectivity index is 1.68. The Labute approximate surface area is 142 Å². The Kier molecular flexibility index (Phi) is 14.8. The summed E-state index contributed by atoms with van der Waals surface area (Å²) in [5, 5.41) is 0. The number of hydrogen-bond donors (Lipinski definition) is 0. The molecule has 1 rings (SSSR count). The van der Waals surface area contributed by atoms with Gasteiger partial charge in [-0.25, -0.2) is 0 Å².